The minimum Gasteiger partial charge on any atom is -0.322 e. The smallest absolute Gasteiger partial charge is 0.294 e. The third-order valence-electron chi connectivity index (χ3n) is 5.08. The van der Waals surface area contributed by atoms with Gasteiger partial charge < -0.3 is 9.88 Å². The third-order valence-corrected chi connectivity index (χ3v) is 5.08. The highest BCUT2D eigenvalue weighted by atomic mass is 16.6. The fourth-order valence-corrected chi connectivity index (χ4v) is 3.28. The number of carbonyl (C=O) groups is 1. The summed E-state index contributed by atoms with van der Waals surface area (Å²) in [6.07, 6.45) is 6.87. The number of H-pyrrole nitrogens is 1. The SMILES string of the molecule is O=C(Nc1ccc(-c2n[nH]c(C3CC3)n2)cc1)c1ccc(-n2ccnc2)c([N+](=O)[O-])c1. The van der Waals surface area contributed by atoms with Gasteiger partial charge >= 0.3 is 0 Å². The Morgan fingerprint density at radius 1 is 1.19 bits per heavy atom. The van der Waals surface area contributed by atoms with E-state index in [1.54, 1.807) is 24.4 Å². The highest BCUT2D eigenvalue weighted by molar-refractivity contribution is 6.05. The Hall–Kier alpha value is -4.34. The van der Waals surface area contributed by atoms with Gasteiger partial charge in [-0.05, 0) is 49.2 Å². The van der Waals surface area contributed by atoms with Gasteiger partial charge in [0.05, 0.1) is 11.3 Å². The number of nitro groups is 1. The molecule has 10 nitrogen and oxygen atoms in total. The van der Waals surface area contributed by atoms with Gasteiger partial charge in [-0.25, -0.2) is 9.97 Å². The van der Waals surface area contributed by atoms with Crippen LogP contribution in [0, 0.1) is 10.1 Å². The van der Waals surface area contributed by atoms with Crippen LogP contribution in [0.15, 0.2) is 61.2 Å². The van der Waals surface area contributed by atoms with Crippen molar-refractivity contribution in [3.8, 4) is 17.1 Å². The lowest BCUT2D eigenvalue weighted by atomic mass is 10.1. The number of hydrogen-bond donors (Lipinski definition) is 2. The van der Waals surface area contributed by atoms with E-state index >= 15 is 0 Å². The molecule has 0 bridgehead atoms. The molecule has 10 heteroatoms. The van der Waals surface area contributed by atoms with Crippen LogP contribution >= 0.6 is 0 Å². The number of nitrogens with zero attached hydrogens (tertiary/aromatic N) is 5. The number of rotatable bonds is 6. The second-order valence-corrected chi connectivity index (χ2v) is 7.28. The lowest BCUT2D eigenvalue weighted by Gasteiger charge is -2.08. The highest BCUT2D eigenvalue weighted by Gasteiger charge is 2.27. The highest BCUT2D eigenvalue weighted by Crippen LogP contribution is 2.38. The number of aromatic amines is 1. The molecule has 1 aliphatic carbocycles. The van der Waals surface area contributed by atoms with Crippen molar-refractivity contribution in [2.45, 2.75) is 18.8 Å². The van der Waals surface area contributed by atoms with Crippen molar-refractivity contribution < 1.29 is 9.72 Å². The molecular weight excluding hydrogens is 398 g/mol. The van der Waals surface area contributed by atoms with Crippen molar-refractivity contribution in [2.24, 2.45) is 0 Å². The van der Waals surface area contributed by atoms with Crippen molar-refractivity contribution in [3.05, 3.63) is 82.7 Å². The van der Waals surface area contributed by atoms with Gasteiger partial charge in [-0.15, -0.1) is 0 Å². The molecule has 0 saturated heterocycles. The molecular formula is C21H17N7O3. The van der Waals surface area contributed by atoms with Crippen LogP contribution in [-0.2, 0) is 0 Å². The Kier molecular flexibility index (Phi) is 4.51. The molecule has 154 valence electrons. The van der Waals surface area contributed by atoms with E-state index in [0.717, 1.165) is 24.2 Å². The fourth-order valence-electron chi connectivity index (χ4n) is 3.28. The van der Waals surface area contributed by atoms with Crippen LogP contribution in [0.5, 0.6) is 0 Å². The summed E-state index contributed by atoms with van der Waals surface area (Å²) in [6, 6.07) is 11.5. The van der Waals surface area contributed by atoms with Crippen molar-refractivity contribution in [1.82, 2.24) is 24.7 Å². The van der Waals surface area contributed by atoms with Crippen LogP contribution < -0.4 is 5.32 Å². The Labute approximate surface area is 176 Å². The number of benzene rings is 2. The first-order valence-electron chi connectivity index (χ1n) is 9.69. The first-order chi connectivity index (χ1) is 15.1. The zero-order chi connectivity index (χ0) is 21.4. The van der Waals surface area contributed by atoms with E-state index in [-0.39, 0.29) is 11.3 Å². The molecule has 1 saturated carbocycles. The average Bonchev–Trinajstić information content (AvgIpc) is 3.27. The van der Waals surface area contributed by atoms with Gasteiger partial charge in [0.25, 0.3) is 11.6 Å². The Bertz CT molecular complexity index is 1260. The summed E-state index contributed by atoms with van der Waals surface area (Å²) in [7, 11) is 0. The van der Waals surface area contributed by atoms with Crippen molar-refractivity contribution in [1.29, 1.82) is 0 Å². The number of hydrogen-bond acceptors (Lipinski definition) is 6. The second kappa shape index (κ2) is 7.48. The Morgan fingerprint density at radius 2 is 2.00 bits per heavy atom. The zero-order valence-corrected chi connectivity index (χ0v) is 16.2. The number of amides is 1. The molecule has 2 aromatic heterocycles. The van der Waals surface area contributed by atoms with Crippen LogP contribution in [0.4, 0.5) is 11.4 Å². The van der Waals surface area contributed by atoms with E-state index < -0.39 is 10.8 Å². The van der Waals surface area contributed by atoms with E-state index in [0.29, 0.717) is 23.1 Å². The Balaban J connectivity index is 1.33. The minimum absolute atomic E-state index is 0.183. The lowest BCUT2D eigenvalue weighted by molar-refractivity contribution is -0.384. The molecule has 0 radical (unpaired) electrons. The third kappa shape index (κ3) is 3.78. The van der Waals surface area contributed by atoms with Crippen LogP contribution in [0.25, 0.3) is 17.1 Å². The molecule has 5 rings (SSSR count). The monoisotopic (exact) mass is 415 g/mol. The number of carbonyl (C=O) groups excluding carboxylic acids is 1. The van der Waals surface area contributed by atoms with Crippen LogP contribution in [0.1, 0.15) is 34.9 Å². The van der Waals surface area contributed by atoms with Gasteiger partial charge in [0.1, 0.15) is 11.5 Å². The average molecular weight is 415 g/mol. The summed E-state index contributed by atoms with van der Waals surface area (Å²) in [5.41, 5.74) is 1.73. The maximum Gasteiger partial charge on any atom is 0.294 e. The largest absolute Gasteiger partial charge is 0.322 e. The first-order valence-corrected chi connectivity index (χ1v) is 9.69. The number of nitro benzene ring substituents is 1. The maximum absolute atomic E-state index is 12.6. The molecule has 31 heavy (non-hydrogen) atoms. The van der Waals surface area contributed by atoms with E-state index in [9.17, 15) is 14.9 Å². The van der Waals surface area contributed by atoms with Gasteiger partial charge in [0, 0.05) is 41.2 Å². The van der Waals surface area contributed by atoms with Gasteiger partial charge in [-0.1, -0.05) is 0 Å². The zero-order valence-electron chi connectivity index (χ0n) is 16.2. The topological polar surface area (TPSA) is 132 Å². The fraction of sp³-hybridized carbons (Fsp3) is 0.143. The number of imidazole rings is 1. The molecule has 2 N–H and O–H groups in total. The molecule has 0 aliphatic heterocycles. The molecule has 0 atom stereocenters. The van der Waals surface area contributed by atoms with E-state index in [4.69, 9.17) is 0 Å². The first kappa shape index (κ1) is 18.7. The van der Waals surface area contributed by atoms with Crippen LogP contribution in [-0.4, -0.2) is 35.6 Å². The summed E-state index contributed by atoms with van der Waals surface area (Å²) in [6.45, 7) is 0. The predicted octanol–water partition coefficient (Wildman–Crippen LogP) is 3.70. The number of aromatic nitrogens is 5. The van der Waals surface area contributed by atoms with Crippen molar-refractivity contribution >= 4 is 17.3 Å². The number of nitrogens with one attached hydrogen (secondary N) is 2. The summed E-state index contributed by atoms with van der Waals surface area (Å²) in [4.78, 5) is 32.0. The molecule has 0 spiro atoms. The molecule has 1 amide bonds. The lowest BCUT2D eigenvalue weighted by Crippen LogP contribution is -2.12. The van der Waals surface area contributed by atoms with Gasteiger partial charge in [-0.2, -0.15) is 5.10 Å². The van der Waals surface area contributed by atoms with Crippen molar-refractivity contribution in [3.63, 3.8) is 0 Å². The molecule has 2 heterocycles. The standard InChI is InChI=1S/C21H17N7O3/c29-21(15-5-8-17(18(11-15)28(30)31)27-10-9-22-12-27)23-16-6-3-14(4-7-16)20-24-19(25-26-20)13-1-2-13/h3-13H,1-2H2,(H,23,29)(H,24,25,26). The summed E-state index contributed by atoms with van der Waals surface area (Å²) in [5, 5.41) is 21.5. The van der Waals surface area contributed by atoms with Crippen LogP contribution in [0.2, 0.25) is 0 Å². The molecule has 0 unspecified atom stereocenters. The van der Waals surface area contributed by atoms with Crippen LogP contribution in [0.3, 0.4) is 0 Å². The minimum atomic E-state index is -0.520. The Morgan fingerprint density at radius 3 is 2.68 bits per heavy atom. The van der Waals surface area contributed by atoms with Crippen molar-refractivity contribution in [2.75, 3.05) is 5.32 Å². The quantitative estimate of drug-likeness (QED) is 0.365. The van der Waals surface area contributed by atoms with Gasteiger partial charge in [-0.3, -0.25) is 20.0 Å². The summed E-state index contributed by atoms with van der Waals surface area (Å²) in [5.74, 6) is 1.57. The van der Waals surface area contributed by atoms with E-state index in [1.165, 1.54) is 29.2 Å². The predicted molar refractivity (Wildman–Crippen MR) is 112 cm³/mol. The molecule has 1 aliphatic rings. The normalized spacial score (nSPS) is 13.2. The summed E-state index contributed by atoms with van der Waals surface area (Å²) < 4.78 is 1.52. The van der Waals surface area contributed by atoms with E-state index in [2.05, 4.69) is 25.5 Å². The number of anilines is 1. The van der Waals surface area contributed by atoms with Gasteiger partial charge in [0.15, 0.2) is 5.82 Å². The van der Waals surface area contributed by atoms with Gasteiger partial charge in [0.2, 0.25) is 0 Å². The maximum atomic E-state index is 12.6. The molecule has 1 fully saturated rings. The summed E-state index contributed by atoms with van der Waals surface area (Å²) >= 11 is 0. The van der Waals surface area contributed by atoms with E-state index in [1.807, 2.05) is 12.1 Å². The molecule has 4 aromatic rings. The molecule has 2 aromatic carbocycles. The second-order valence-electron chi connectivity index (χ2n) is 7.28.